The van der Waals surface area contributed by atoms with Gasteiger partial charge in [0, 0.05) is 37.6 Å². The molecule has 1 N–H and O–H groups in total. The Morgan fingerprint density at radius 3 is 2.62 bits per heavy atom. The lowest BCUT2D eigenvalue weighted by Gasteiger charge is -2.32. The van der Waals surface area contributed by atoms with Crippen LogP contribution in [0.1, 0.15) is 16.2 Å². The Labute approximate surface area is 140 Å². The van der Waals surface area contributed by atoms with Crippen molar-refractivity contribution < 1.29 is 9.18 Å². The second-order valence-electron chi connectivity index (χ2n) is 5.95. The first-order valence-electron chi connectivity index (χ1n) is 7.87. The molecule has 2 heterocycles. The van der Waals surface area contributed by atoms with E-state index in [1.165, 1.54) is 12.1 Å². The Balaban J connectivity index is 1.79. The number of amides is 1. The van der Waals surface area contributed by atoms with Crippen LogP contribution in [0.3, 0.4) is 0 Å². The van der Waals surface area contributed by atoms with Gasteiger partial charge in [-0.1, -0.05) is 6.07 Å². The summed E-state index contributed by atoms with van der Waals surface area (Å²) in [5.74, 6) is -0.157. The van der Waals surface area contributed by atoms with E-state index in [-0.39, 0.29) is 17.7 Å². The smallest absolute Gasteiger partial charge is 0.272 e. The number of piperazine rings is 1. The molecule has 1 aliphatic rings. The van der Waals surface area contributed by atoms with Crippen LogP contribution in [-0.2, 0) is 0 Å². The van der Waals surface area contributed by atoms with Crippen LogP contribution >= 0.6 is 0 Å². The summed E-state index contributed by atoms with van der Waals surface area (Å²) in [4.78, 5) is 25.2. The molecule has 6 nitrogen and oxygen atoms in total. The molecule has 1 aliphatic heterocycles. The maximum atomic E-state index is 13.3. The van der Waals surface area contributed by atoms with Crippen molar-refractivity contribution in [1.82, 2.24) is 19.8 Å². The average Bonchev–Trinajstić information content (AvgIpc) is 2.54. The number of aryl methyl sites for hydroxylation is 1. The van der Waals surface area contributed by atoms with Crippen LogP contribution in [0.15, 0.2) is 30.3 Å². The molecule has 1 amide bonds. The SMILES string of the molecule is Cc1cc(C(=O)N2CCN(C)CC2)nc(Nc2cccc(F)c2)n1. The fourth-order valence-corrected chi connectivity index (χ4v) is 2.60. The first-order valence-corrected chi connectivity index (χ1v) is 7.87. The lowest BCUT2D eigenvalue weighted by molar-refractivity contribution is 0.0658. The molecule has 7 heteroatoms. The third-order valence-electron chi connectivity index (χ3n) is 3.94. The van der Waals surface area contributed by atoms with Crippen molar-refractivity contribution in [1.29, 1.82) is 0 Å². The van der Waals surface area contributed by atoms with Gasteiger partial charge >= 0.3 is 0 Å². The van der Waals surface area contributed by atoms with E-state index in [4.69, 9.17) is 0 Å². The van der Waals surface area contributed by atoms with Crippen molar-refractivity contribution in [3.05, 3.63) is 47.5 Å². The molecule has 0 aliphatic carbocycles. The second-order valence-corrected chi connectivity index (χ2v) is 5.95. The summed E-state index contributed by atoms with van der Waals surface area (Å²) in [5.41, 5.74) is 1.57. The molecule has 0 atom stereocenters. The number of rotatable bonds is 3. The van der Waals surface area contributed by atoms with Crippen LogP contribution in [0.5, 0.6) is 0 Å². The van der Waals surface area contributed by atoms with Crippen molar-refractivity contribution in [2.75, 3.05) is 38.5 Å². The maximum Gasteiger partial charge on any atom is 0.272 e. The summed E-state index contributed by atoms with van der Waals surface area (Å²) < 4.78 is 13.3. The molecule has 1 fully saturated rings. The van der Waals surface area contributed by atoms with Gasteiger partial charge in [-0.15, -0.1) is 0 Å². The van der Waals surface area contributed by atoms with Crippen LogP contribution < -0.4 is 5.32 Å². The third-order valence-corrected chi connectivity index (χ3v) is 3.94. The molecule has 0 radical (unpaired) electrons. The monoisotopic (exact) mass is 329 g/mol. The quantitative estimate of drug-likeness (QED) is 0.934. The van der Waals surface area contributed by atoms with Crippen molar-refractivity contribution in [3.63, 3.8) is 0 Å². The number of hydrogen-bond acceptors (Lipinski definition) is 5. The second kappa shape index (κ2) is 6.92. The van der Waals surface area contributed by atoms with Gasteiger partial charge in [0.15, 0.2) is 0 Å². The minimum absolute atomic E-state index is 0.101. The highest BCUT2D eigenvalue weighted by molar-refractivity contribution is 5.92. The average molecular weight is 329 g/mol. The van der Waals surface area contributed by atoms with E-state index in [1.807, 2.05) is 7.05 Å². The summed E-state index contributed by atoms with van der Waals surface area (Å²) in [6.45, 7) is 4.88. The van der Waals surface area contributed by atoms with Gasteiger partial charge in [0.1, 0.15) is 11.5 Å². The molecule has 126 valence electrons. The summed E-state index contributed by atoms with van der Waals surface area (Å²) in [6.07, 6.45) is 0. The minimum atomic E-state index is -0.346. The van der Waals surface area contributed by atoms with Crippen molar-refractivity contribution in [2.24, 2.45) is 0 Å². The largest absolute Gasteiger partial charge is 0.335 e. The Morgan fingerprint density at radius 2 is 1.92 bits per heavy atom. The molecule has 1 aromatic heterocycles. The van der Waals surface area contributed by atoms with E-state index in [2.05, 4.69) is 20.2 Å². The molecule has 3 rings (SSSR count). The molecule has 0 bridgehead atoms. The van der Waals surface area contributed by atoms with Crippen molar-refractivity contribution in [2.45, 2.75) is 6.92 Å². The fourth-order valence-electron chi connectivity index (χ4n) is 2.60. The van der Waals surface area contributed by atoms with Crippen LogP contribution in [0.4, 0.5) is 16.0 Å². The molecule has 2 aromatic rings. The van der Waals surface area contributed by atoms with Crippen molar-refractivity contribution >= 4 is 17.5 Å². The molecule has 0 unspecified atom stereocenters. The standard InChI is InChI=1S/C17H20FN5O/c1-12-10-15(16(24)23-8-6-22(2)7-9-23)21-17(19-12)20-14-5-3-4-13(18)11-14/h3-5,10-11H,6-9H2,1-2H3,(H,19,20,21). The van der Waals surface area contributed by atoms with E-state index in [1.54, 1.807) is 30.0 Å². The number of likely N-dealkylation sites (N-methyl/N-ethyl adjacent to an activating group) is 1. The zero-order valence-corrected chi connectivity index (χ0v) is 13.8. The number of halogens is 1. The summed E-state index contributed by atoms with van der Waals surface area (Å²) in [6, 6.07) is 7.72. The summed E-state index contributed by atoms with van der Waals surface area (Å²) in [7, 11) is 2.04. The van der Waals surface area contributed by atoms with Crippen LogP contribution in [0.2, 0.25) is 0 Å². The number of anilines is 2. The topological polar surface area (TPSA) is 61.4 Å². The predicted octanol–water partition coefficient (Wildman–Crippen LogP) is 2.06. The first kappa shape index (κ1) is 16.3. The Bertz CT molecular complexity index is 744. The Hall–Kier alpha value is -2.54. The number of benzene rings is 1. The zero-order valence-electron chi connectivity index (χ0n) is 13.8. The predicted molar refractivity (Wildman–Crippen MR) is 89.9 cm³/mol. The fraction of sp³-hybridized carbons (Fsp3) is 0.353. The molecule has 1 saturated heterocycles. The van der Waals surface area contributed by atoms with Gasteiger partial charge < -0.3 is 15.1 Å². The molecule has 1 aromatic carbocycles. The molecular weight excluding hydrogens is 309 g/mol. The molecular formula is C17H20FN5O. The van der Waals surface area contributed by atoms with E-state index in [9.17, 15) is 9.18 Å². The van der Waals surface area contributed by atoms with Crippen molar-refractivity contribution in [3.8, 4) is 0 Å². The summed E-state index contributed by atoms with van der Waals surface area (Å²) in [5, 5.41) is 2.95. The minimum Gasteiger partial charge on any atom is -0.335 e. The molecule has 0 saturated carbocycles. The number of aromatic nitrogens is 2. The van der Waals surface area contributed by atoms with Gasteiger partial charge in [0.2, 0.25) is 5.95 Å². The molecule has 24 heavy (non-hydrogen) atoms. The lowest BCUT2D eigenvalue weighted by atomic mass is 10.2. The zero-order chi connectivity index (χ0) is 17.1. The van der Waals surface area contributed by atoms with Gasteiger partial charge in [-0.2, -0.15) is 0 Å². The first-order chi connectivity index (χ1) is 11.5. The van der Waals surface area contributed by atoms with Gasteiger partial charge in [-0.25, -0.2) is 14.4 Å². The lowest BCUT2D eigenvalue weighted by Crippen LogP contribution is -2.47. The van der Waals surface area contributed by atoms with E-state index < -0.39 is 0 Å². The maximum absolute atomic E-state index is 13.3. The number of carbonyl (C=O) groups excluding carboxylic acids is 1. The van der Waals surface area contributed by atoms with E-state index >= 15 is 0 Å². The number of carbonyl (C=O) groups is 1. The Kier molecular flexibility index (Phi) is 4.71. The molecule has 0 spiro atoms. The van der Waals surface area contributed by atoms with Gasteiger partial charge in [0.25, 0.3) is 5.91 Å². The van der Waals surface area contributed by atoms with Gasteiger partial charge in [0.05, 0.1) is 0 Å². The Morgan fingerprint density at radius 1 is 1.17 bits per heavy atom. The van der Waals surface area contributed by atoms with Gasteiger partial charge in [-0.05, 0) is 38.2 Å². The highest BCUT2D eigenvalue weighted by Crippen LogP contribution is 2.16. The van der Waals surface area contributed by atoms with E-state index in [0.717, 1.165) is 13.1 Å². The number of hydrogen-bond donors (Lipinski definition) is 1. The normalized spacial score (nSPS) is 15.4. The van der Waals surface area contributed by atoms with Crippen LogP contribution in [-0.4, -0.2) is 58.9 Å². The summed E-state index contributed by atoms with van der Waals surface area (Å²) >= 11 is 0. The van der Waals surface area contributed by atoms with Crippen LogP contribution in [0.25, 0.3) is 0 Å². The number of nitrogens with zero attached hydrogens (tertiary/aromatic N) is 4. The number of nitrogens with one attached hydrogen (secondary N) is 1. The van der Waals surface area contributed by atoms with E-state index in [0.29, 0.717) is 30.2 Å². The highest BCUT2D eigenvalue weighted by Gasteiger charge is 2.22. The van der Waals surface area contributed by atoms with Crippen LogP contribution in [0, 0.1) is 12.7 Å². The van der Waals surface area contributed by atoms with Gasteiger partial charge in [-0.3, -0.25) is 4.79 Å². The highest BCUT2D eigenvalue weighted by atomic mass is 19.1. The third kappa shape index (κ3) is 3.86.